The number of nitrogens with zero attached hydrogens (tertiary/aromatic N) is 2. The van der Waals surface area contributed by atoms with Crippen molar-refractivity contribution in [3.8, 4) is 0 Å². The zero-order valence-electron chi connectivity index (χ0n) is 10.7. The highest BCUT2D eigenvalue weighted by Gasteiger charge is 2.09. The van der Waals surface area contributed by atoms with Crippen molar-refractivity contribution in [2.24, 2.45) is 0 Å². The summed E-state index contributed by atoms with van der Waals surface area (Å²) in [5.41, 5.74) is 1.63. The first kappa shape index (κ1) is 12.8. The maximum absolute atomic E-state index is 12.1. The molecule has 3 nitrogen and oxygen atoms in total. The lowest BCUT2D eigenvalue weighted by molar-refractivity contribution is 0.102. The smallest absolute Gasteiger partial charge is 0.173 e. The molecule has 3 aromatic rings. The summed E-state index contributed by atoms with van der Waals surface area (Å²) in [4.78, 5) is 20.6. The third-order valence-electron chi connectivity index (χ3n) is 2.94. The molecule has 98 valence electrons. The van der Waals surface area contributed by atoms with Crippen molar-refractivity contribution in [3.63, 3.8) is 0 Å². The standard InChI is InChI=1S/C16H12N2OS/c19-15(12-6-2-1-3-7-12)10-20-16-13-8-4-5-9-14(13)17-11-18-16/h1-9,11H,10H2. The highest BCUT2D eigenvalue weighted by atomic mass is 32.2. The molecule has 1 aromatic heterocycles. The van der Waals surface area contributed by atoms with Gasteiger partial charge in [0.25, 0.3) is 0 Å². The fourth-order valence-electron chi connectivity index (χ4n) is 1.94. The van der Waals surface area contributed by atoms with Crippen LogP contribution in [0.3, 0.4) is 0 Å². The summed E-state index contributed by atoms with van der Waals surface area (Å²) < 4.78 is 0. The highest BCUT2D eigenvalue weighted by molar-refractivity contribution is 8.00. The van der Waals surface area contributed by atoms with Crippen LogP contribution in [-0.4, -0.2) is 21.5 Å². The molecule has 0 fully saturated rings. The van der Waals surface area contributed by atoms with Crippen molar-refractivity contribution in [1.82, 2.24) is 9.97 Å². The lowest BCUT2D eigenvalue weighted by atomic mass is 10.2. The minimum atomic E-state index is 0.110. The van der Waals surface area contributed by atoms with Gasteiger partial charge in [0.2, 0.25) is 0 Å². The molecule has 4 heteroatoms. The molecule has 0 saturated carbocycles. The molecular formula is C16H12N2OS. The summed E-state index contributed by atoms with van der Waals surface area (Å²) in [6.45, 7) is 0. The maximum atomic E-state index is 12.1. The molecule has 0 aliphatic rings. The van der Waals surface area contributed by atoms with E-state index < -0.39 is 0 Å². The fraction of sp³-hybridized carbons (Fsp3) is 0.0625. The van der Waals surface area contributed by atoms with Gasteiger partial charge in [0.15, 0.2) is 5.78 Å². The lowest BCUT2D eigenvalue weighted by Crippen LogP contribution is -2.02. The van der Waals surface area contributed by atoms with Gasteiger partial charge in [-0.1, -0.05) is 60.3 Å². The Labute approximate surface area is 121 Å². The number of benzene rings is 2. The fourth-order valence-corrected chi connectivity index (χ4v) is 2.82. The molecular weight excluding hydrogens is 268 g/mol. The van der Waals surface area contributed by atoms with E-state index in [4.69, 9.17) is 0 Å². The van der Waals surface area contributed by atoms with Crippen LogP contribution in [-0.2, 0) is 0 Å². The molecule has 0 amide bonds. The van der Waals surface area contributed by atoms with E-state index >= 15 is 0 Å². The average molecular weight is 280 g/mol. The van der Waals surface area contributed by atoms with Crippen LogP contribution in [0.1, 0.15) is 10.4 Å². The van der Waals surface area contributed by atoms with Crippen LogP contribution in [0.4, 0.5) is 0 Å². The van der Waals surface area contributed by atoms with E-state index in [0.29, 0.717) is 5.75 Å². The number of thioether (sulfide) groups is 1. The third-order valence-corrected chi connectivity index (χ3v) is 3.95. The quantitative estimate of drug-likeness (QED) is 0.416. The number of para-hydroxylation sites is 1. The average Bonchev–Trinajstić information content (AvgIpc) is 2.53. The molecule has 0 bridgehead atoms. The van der Waals surface area contributed by atoms with E-state index in [2.05, 4.69) is 9.97 Å². The van der Waals surface area contributed by atoms with E-state index in [1.165, 1.54) is 18.1 Å². The summed E-state index contributed by atoms with van der Waals surface area (Å²) in [7, 11) is 0. The Bertz CT molecular complexity index is 738. The van der Waals surface area contributed by atoms with Gasteiger partial charge in [-0.05, 0) is 6.07 Å². The second kappa shape index (κ2) is 5.84. The molecule has 0 radical (unpaired) electrons. The number of fused-ring (bicyclic) bond motifs is 1. The summed E-state index contributed by atoms with van der Waals surface area (Å²) >= 11 is 1.45. The van der Waals surface area contributed by atoms with Crippen LogP contribution >= 0.6 is 11.8 Å². The van der Waals surface area contributed by atoms with Gasteiger partial charge >= 0.3 is 0 Å². The van der Waals surface area contributed by atoms with Crippen molar-refractivity contribution < 1.29 is 4.79 Å². The summed E-state index contributed by atoms with van der Waals surface area (Å²) in [6, 6.07) is 17.1. The number of hydrogen-bond donors (Lipinski definition) is 0. The molecule has 2 aromatic carbocycles. The van der Waals surface area contributed by atoms with E-state index in [1.54, 1.807) is 0 Å². The second-order valence-corrected chi connectivity index (χ2v) is 5.24. The number of rotatable bonds is 4. The predicted molar refractivity (Wildman–Crippen MR) is 81.0 cm³/mol. The molecule has 0 unspecified atom stereocenters. The first-order valence-corrected chi connectivity index (χ1v) is 7.24. The Balaban J connectivity index is 1.79. The van der Waals surface area contributed by atoms with E-state index in [-0.39, 0.29) is 5.78 Å². The number of aromatic nitrogens is 2. The lowest BCUT2D eigenvalue weighted by Gasteiger charge is -2.04. The highest BCUT2D eigenvalue weighted by Crippen LogP contribution is 2.24. The van der Waals surface area contributed by atoms with Gasteiger partial charge in [-0.15, -0.1) is 0 Å². The molecule has 0 aliphatic heterocycles. The van der Waals surface area contributed by atoms with Gasteiger partial charge < -0.3 is 0 Å². The number of hydrogen-bond acceptors (Lipinski definition) is 4. The normalized spacial score (nSPS) is 10.6. The van der Waals surface area contributed by atoms with Crippen molar-refractivity contribution in [3.05, 3.63) is 66.5 Å². The van der Waals surface area contributed by atoms with Crippen molar-refractivity contribution >= 4 is 28.4 Å². The largest absolute Gasteiger partial charge is 0.293 e. The van der Waals surface area contributed by atoms with Crippen LogP contribution in [0, 0.1) is 0 Å². The Hall–Kier alpha value is -2.20. The number of ketones is 1. The first-order chi connectivity index (χ1) is 9.84. The minimum absolute atomic E-state index is 0.110. The molecule has 0 spiro atoms. The molecule has 0 atom stereocenters. The Morgan fingerprint density at radius 2 is 1.70 bits per heavy atom. The monoisotopic (exact) mass is 280 g/mol. The number of carbonyl (C=O) groups is 1. The topological polar surface area (TPSA) is 42.9 Å². The van der Waals surface area contributed by atoms with Gasteiger partial charge in [0.1, 0.15) is 11.4 Å². The molecule has 3 rings (SSSR count). The van der Waals surface area contributed by atoms with E-state index in [1.807, 2.05) is 54.6 Å². The van der Waals surface area contributed by atoms with E-state index in [0.717, 1.165) is 21.5 Å². The van der Waals surface area contributed by atoms with E-state index in [9.17, 15) is 4.79 Å². The molecule has 1 heterocycles. The Kier molecular flexibility index (Phi) is 3.74. The van der Waals surface area contributed by atoms with Crippen LogP contribution in [0.25, 0.3) is 10.9 Å². The van der Waals surface area contributed by atoms with Gasteiger partial charge in [-0.25, -0.2) is 9.97 Å². The van der Waals surface area contributed by atoms with Gasteiger partial charge in [0, 0.05) is 10.9 Å². The van der Waals surface area contributed by atoms with Crippen LogP contribution < -0.4 is 0 Å². The first-order valence-electron chi connectivity index (χ1n) is 6.25. The molecule has 0 aliphatic carbocycles. The number of carbonyl (C=O) groups excluding carboxylic acids is 1. The zero-order valence-corrected chi connectivity index (χ0v) is 11.5. The summed E-state index contributed by atoms with van der Waals surface area (Å²) in [5.74, 6) is 0.490. The molecule has 0 N–H and O–H groups in total. The minimum Gasteiger partial charge on any atom is -0.293 e. The van der Waals surface area contributed by atoms with Crippen LogP contribution in [0.5, 0.6) is 0 Å². The van der Waals surface area contributed by atoms with Crippen molar-refractivity contribution in [2.45, 2.75) is 5.03 Å². The SMILES string of the molecule is O=C(CSc1ncnc2ccccc12)c1ccccc1. The third kappa shape index (κ3) is 2.70. The Morgan fingerprint density at radius 1 is 0.950 bits per heavy atom. The second-order valence-electron chi connectivity index (χ2n) is 4.27. The van der Waals surface area contributed by atoms with Gasteiger partial charge in [0.05, 0.1) is 11.3 Å². The zero-order chi connectivity index (χ0) is 13.8. The maximum Gasteiger partial charge on any atom is 0.173 e. The van der Waals surface area contributed by atoms with Crippen molar-refractivity contribution in [1.29, 1.82) is 0 Å². The number of Topliss-reactive ketones (excluding diaryl/α,β-unsaturated/α-hetero) is 1. The van der Waals surface area contributed by atoms with Gasteiger partial charge in [-0.2, -0.15) is 0 Å². The predicted octanol–water partition coefficient (Wildman–Crippen LogP) is 3.60. The van der Waals surface area contributed by atoms with Crippen LogP contribution in [0.2, 0.25) is 0 Å². The summed E-state index contributed by atoms with van der Waals surface area (Å²) in [5, 5.41) is 1.83. The van der Waals surface area contributed by atoms with Crippen molar-refractivity contribution in [2.75, 3.05) is 5.75 Å². The molecule has 0 saturated heterocycles. The Morgan fingerprint density at radius 3 is 2.55 bits per heavy atom. The molecule has 20 heavy (non-hydrogen) atoms. The van der Waals surface area contributed by atoms with Crippen LogP contribution in [0.15, 0.2) is 66.0 Å². The summed E-state index contributed by atoms with van der Waals surface area (Å²) in [6.07, 6.45) is 1.54. The van der Waals surface area contributed by atoms with Gasteiger partial charge in [-0.3, -0.25) is 4.79 Å².